The Kier molecular flexibility index (Phi) is 6.44. The van der Waals surface area contributed by atoms with Gasteiger partial charge in [-0.25, -0.2) is 0 Å². The summed E-state index contributed by atoms with van der Waals surface area (Å²) in [5, 5.41) is 0. The molecule has 0 spiro atoms. The molecular weight excluding hydrogens is 351 g/mol. The van der Waals surface area contributed by atoms with E-state index in [0.717, 1.165) is 0 Å². The monoisotopic (exact) mass is 384 g/mol. The van der Waals surface area contributed by atoms with Crippen LogP contribution in [-0.4, -0.2) is 55.6 Å². The van der Waals surface area contributed by atoms with Crippen molar-refractivity contribution in [3.8, 4) is 0 Å². The quantitative estimate of drug-likeness (QED) is 0.696. The first-order valence-electron chi connectivity index (χ1n) is 9.44. The van der Waals surface area contributed by atoms with Crippen LogP contribution in [0, 0.1) is 0 Å². The Morgan fingerprint density at radius 3 is 1.84 bits per heavy atom. The van der Waals surface area contributed by atoms with E-state index < -0.39 is 35.3 Å². The van der Waals surface area contributed by atoms with Crippen LogP contribution in [0.15, 0.2) is 0 Å². The molecule has 8 heteroatoms. The third-order valence-electron chi connectivity index (χ3n) is 5.54. The van der Waals surface area contributed by atoms with Gasteiger partial charge in [0.15, 0.2) is 5.78 Å². The van der Waals surface area contributed by atoms with Crippen molar-refractivity contribution in [2.24, 2.45) is 0 Å². The SMILES string of the molecule is [B]C1OC2CO[Si](C(C)C)(C(C)C)O[Si](C(C)C)(C(C)C)O[C@H]2C1=O. The number of hydrogen-bond donors (Lipinski definition) is 0. The van der Waals surface area contributed by atoms with Gasteiger partial charge in [-0.1, -0.05) is 55.4 Å². The number of ketones is 1. The lowest BCUT2D eigenvalue weighted by Gasteiger charge is -2.50. The molecule has 142 valence electrons. The zero-order valence-corrected chi connectivity index (χ0v) is 18.9. The van der Waals surface area contributed by atoms with Crippen LogP contribution in [-0.2, 0) is 22.5 Å². The highest BCUT2D eigenvalue weighted by molar-refractivity contribution is 6.84. The van der Waals surface area contributed by atoms with Gasteiger partial charge in [0.2, 0.25) is 0 Å². The molecule has 25 heavy (non-hydrogen) atoms. The summed E-state index contributed by atoms with van der Waals surface area (Å²) in [4.78, 5) is 12.5. The van der Waals surface area contributed by atoms with Crippen LogP contribution in [0.4, 0.5) is 0 Å². The smallest absolute Gasteiger partial charge is 0.335 e. The van der Waals surface area contributed by atoms with Crippen molar-refractivity contribution in [1.29, 1.82) is 0 Å². The molecule has 0 aromatic rings. The lowest BCUT2D eigenvalue weighted by molar-refractivity contribution is -0.125. The van der Waals surface area contributed by atoms with Gasteiger partial charge in [-0.2, -0.15) is 0 Å². The fourth-order valence-corrected chi connectivity index (χ4v) is 15.2. The van der Waals surface area contributed by atoms with E-state index in [2.05, 4.69) is 55.4 Å². The number of carbonyl (C=O) groups is 1. The average Bonchev–Trinajstić information content (AvgIpc) is 2.73. The Labute approximate surface area is 156 Å². The molecule has 2 aliphatic heterocycles. The molecule has 2 unspecified atom stereocenters. The molecule has 2 saturated heterocycles. The van der Waals surface area contributed by atoms with Crippen LogP contribution in [0.3, 0.4) is 0 Å². The molecule has 0 aromatic heterocycles. The van der Waals surface area contributed by atoms with Gasteiger partial charge in [0.25, 0.3) is 0 Å². The minimum Gasteiger partial charge on any atom is -0.414 e. The van der Waals surface area contributed by atoms with Crippen LogP contribution in [0.25, 0.3) is 0 Å². The molecule has 2 heterocycles. The van der Waals surface area contributed by atoms with Crippen LogP contribution >= 0.6 is 0 Å². The van der Waals surface area contributed by atoms with Gasteiger partial charge < -0.3 is 17.7 Å². The maximum atomic E-state index is 12.5. The summed E-state index contributed by atoms with van der Waals surface area (Å²) in [6, 6.07) is -0.933. The van der Waals surface area contributed by atoms with Crippen LogP contribution in [0.2, 0.25) is 22.2 Å². The van der Waals surface area contributed by atoms with Gasteiger partial charge in [0.05, 0.1) is 12.6 Å². The second kappa shape index (κ2) is 7.56. The van der Waals surface area contributed by atoms with E-state index in [9.17, 15) is 4.79 Å². The zero-order valence-electron chi connectivity index (χ0n) is 16.9. The highest BCUT2D eigenvalue weighted by atomic mass is 28.5. The molecule has 0 bridgehead atoms. The molecule has 5 nitrogen and oxygen atoms in total. The van der Waals surface area contributed by atoms with Crippen molar-refractivity contribution in [1.82, 2.24) is 0 Å². The van der Waals surface area contributed by atoms with Crippen LogP contribution in [0.1, 0.15) is 55.4 Å². The standard InChI is InChI=1S/C17H33BO5Si2/c1-10(2)24(11(3)4)20-9-14-16(15(19)17(18)21-14)22-25(23-24,12(5)6)13(7)8/h10-14,16-17H,9H2,1-8H3/t14?,16-,17?/m1/s1. The molecule has 2 aliphatic rings. The third kappa shape index (κ3) is 3.58. The average molecular weight is 384 g/mol. The summed E-state index contributed by atoms with van der Waals surface area (Å²) in [7, 11) is 0.509. The summed E-state index contributed by atoms with van der Waals surface area (Å²) in [6.45, 7) is 17.5. The summed E-state index contributed by atoms with van der Waals surface area (Å²) in [6.07, 6.45) is -1.13. The van der Waals surface area contributed by atoms with E-state index in [0.29, 0.717) is 6.61 Å². The number of fused-ring (bicyclic) bond motifs is 1. The summed E-state index contributed by atoms with van der Waals surface area (Å²) >= 11 is 0. The van der Waals surface area contributed by atoms with E-state index in [1.807, 2.05) is 0 Å². The highest BCUT2D eigenvalue weighted by Crippen LogP contribution is 2.46. The Hall–Kier alpha value is 0.00870. The largest absolute Gasteiger partial charge is 0.414 e. The van der Waals surface area contributed by atoms with E-state index in [1.165, 1.54) is 0 Å². The first-order chi connectivity index (χ1) is 11.5. The molecule has 2 fully saturated rings. The number of Topliss-reactive ketones (excluding diaryl/α,β-unsaturated/α-hetero) is 1. The van der Waals surface area contributed by atoms with E-state index in [4.69, 9.17) is 25.6 Å². The minimum atomic E-state index is -2.76. The second-order valence-corrected chi connectivity index (χ2v) is 17.4. The Bertz CT molecular complexity index is 481. The zero-order chi connectivity index (χ0) is 19.2. The maximum absolute atomic E-state index is 12.5. The van der Waals surface area contributed by atoms with Crippen LogP contribution in [0.5, 0.6) is 0 Å². The molecule has 0 saturated carbocycles. The first-order valence-corrected chi connectivity index (χ1v) is 13.4. The Balaban J connectivity index is 2.55. The fraction of sp³-hybridized carbons (Fsp3) is 0.941. The Morgan fingerprint density at radius 2 is 1.40 bits per heavy atom. The summed E-state index contributed by atoms with van der Waals surface area (Å²) in [5.74, 6) is -0.196. The third-order valence-corrected chi connectivity index (χ3v) is 15.8. The number of carbonyl (C=O) groups excluding carboxylic acids is 1. The predicted octanol–water partition coefficient (Wildman–Crippen LogP) is 3.41. The predicted molar refractivity (Wildman–Crippen MR) is 103 cm³/mol. The topological polar surface area (TPSA) is 54.0 Å². The molecule has 2 radical (unpaired) electrons. The molecule has 0 N–H and O–H groups in total. The van der Waals surface area contributed by atoms with Crippen molar-refractivity contribution in [2.75, 3.05) is 6.61 Å². The lowest BCUT2D eigenvalue weighted by Crippen LogP contribution is -2.65. The van der Waals surface area contributed by atoms with Crippen molar-refractivity contribution < 1.29 is 22.5 Å². The highest BCUT2D eigenvalue weighted by Gasteiger charge is 2.61. The van der Waals surface area contributed by atoms with Gasteiger partial charge in [-0.15, -0.1) is 0 Å². The van der Waals surface area contributed by atoms with Crippen molar-refractivity contribution in [3.63, 3.8) is 0 Å². The van der Waals surface area contributed by atoms with E-state index >= 15 is 0 Å². The summed E-state index contributed by atoms with van der Waals surface area (Å²) in [5.41, 5.74) is 0.901. The number of hydrogen-bond acceptors (Lipinski definition) is 5. The van der Waals surface area contributed by atoms with Gasteiger partial charge in [0, 0.05) is 0 Å². The molecule has 3 atom stereocenters. The lowest BCUT2D eigenvalue weighted by atomic mass is 9.95. The fourth-order valence-electron chi connectivity index (χ4n) is 4.06. The van der Waals surface area contributed by atoms with Crippen molar-refractivity contribution in [3.05, 3.63) is 0 Å². The van der Waals surface area contributed by atoms with Gasteiger partial charge in [-0.05, 0) is 22.2 Å². The number of rotatable bonds is 4. The van der Waals surface area contributed by atoms with Gasteiger partial charge in [0.1, 0.15) is 20.1 Å². The first kappa shape index (κ1) is 21.3. The molecule has 2 rings (SSSR count). The van der Waals surface area contributed by atoms with Crippen molar-refractivity contribution >= 4 is 30.8 Å². The molecule has 0 amide bonds. The molecule has 0 aromatic carbocycles. The second-order valence-electron chi connectivity index (χ2n) is 8.51. The van der Waals surface area contributed by atoms with E-state index in [-0.39, 0.29) is 27.9 Å². The molecule has 0 aliphatic carbocycles. The molecular formula is C17H33BO5Si2. The number of ether oxygens (including phenoxy) is 1. The Morgan fingerprint density at radius 1 is 0.920 bits per heavy atom. The normalized spacial score (nSPS) is 32.3. The van der Waals surface area contributed by atoms with Crippen LogP contribution < -0.4 is 0 Å². The summed E-state index contributed by atoms with van der Waals surface area (Å²) < 4.78 is 25.8. The minimum absolute atomic E-state index is 0.184. The van der Waals surface area contributed by atoms with Gasteiger partial charge in [-0.3, -0.25) is 4.79 Å². The van der Waals surface area contributed by atoms with Crippen molar-refractivity contribution in [2.45, 2.75) is 95.8 Å². The maximum Gasteiger partial charge on any atom is 0.335 e. The van der Waals surface area contributed by atoms with Gasteiger partial charge >= 0.3 is 17.1 Å². The van der Waals surface area contributed by atoms with E-state index in [1.54, 1.807) is 0 Å².